The zero-order valence-corrected chi connectivity index (χ0v) is 22.5. The summed E-state index contributed by atoms with van der Waals surface area (Å²) in [4.78, 5) is 30.2. The third-order valence-corrected chi connectivity index (χ3v) is 6.09. The maximum atomic E-state index is 13.4. The minimum atomic E-state index is -0.452. The summed E-state index contributed by atoms with van der Waals surface area (Å²) in [6.45, 7) is 3.56. The summed E-state index contributed by atoms with van der Waals surface area (Å²) in [6.07, 6.45) is 1.49. The van der Waals surface area contributed by atoms with Crippen LogP contribution < -0.4 is 15.6 Å². The van der Waals surface area contributed by atoms with Crippen molar-refractivity contribution in [2.45, 2.75) is 19.8 Å². The van der Waals surface area contributed by atoms with Gasteiger partial charge in [0.05, 0.1) is 17.1 Å². The molecule has 4 aromatic rings. The van der Waals surface area contributed by atoms with E-state index < -0.39 is 11.7 Å². The lowest BCUT2D eigenvalue weighted by molar-refractivity contribution is -0.118. The lowest BCUT2D eigenvalue weighted by Crippen LogP contribution is -2.23. The molecule has 0 fully saturated rings. The molecule has 0 aliphatic carbocycles. The summed E-state index contributed by atoms with van der Waals surface area (Å²) in [6, 6.07) is 16.1. The molecule has 184 valence electrons. The Hall–Kier alpha value is -3.37. The van der Waals surface area contributed by atoms with Gasteiger partial charge in [-0.1, -0.05) is 51.8 Å². The second-order valence-electron chi connectivity index (χ2n) is 8.18. The number of rotatable bonds is 7. The van der Waals surface area contributed by atoms with Gasteiger partial charge in [0.15, 0.2) is 6.61 Å². The van der Waals surface area contributed by atoms with E-state index in [1.807, 2.05) is 19.9 Å². The molecule has 0 aliphatic rings. The zero-order chi connectivity index (χ0) is 25.8. The molecular formula is C26H21Br2FN4O3. The van der Waals surface area contributed by atoms with Gasteiger partial charge in [0.1, 0.15) is 17.4 Å². The average molecular weight is 616 g/mol. The molecule has 0 saturated carbocycles. The first-order valence-electron chi connectivity index (χ1n) is 11.0. The van der Waals surface area contributed by atoms with Crippen LogP contribution in [0.5, 0.6) is 5.75 Å². The molecule has 0 radical (unpaired) electrons. The van der Waals surface area contributed by atoms with Crippen LogP contribution in [0.2, 0.25) is 0 Å². The number of anilines is 1. The summed E-state index contributed by atoms with van der Waals surface area (Å²) in [5.74, 6) is -0.0710. The van der Waals surface area contributed by atoms with Crippen molar-refractivity contribution in [1.82, 2.24) is 9.66 Å². The van der Waals surface area contributed by atoms with Gasteiger partial charge in [-0.2, -0.15) is 9.78 Å². The Kier molecular flexibility index (Phi) is 7.95. The number of hydrogen-bond acceptors (Lipinski definition) is 5. The Balaban J connectivity index is 1.62. The van der Waals surface area contributed by atoms with Crippen LogP contribution in [0.15, 0.2) is 79.5 Å². The Labute approximate surface area is 223 Å². The molecule has 10 heteroatoms. The highest BCUT2D eigenvalue weighted by Gasteiger charge is 2.14. The summed E-state index contributed by atoms with van der Waals surface area (Å²) in [7, 11) is 0. The normalized spacial score (nSPS) is 11.4. The zero-order valence-electron chi connectivity index (χ0n) is 19.3. The minimum Gasteiger partial charge on any atom is -0.483 e. The maximum Gasteiger partial charge on any atom is 0.282 e. The quantitative estimate of drug-likeness (QED) is 0.255. The molecule has 0 unspecified atom stereocenters. The Morgan fingerprint density at radius 1 is 1.14 bits per heavy atom. The van der Waals surface area contributed by atoms with E-state index in [9.17, 15) is 14.0 Å². The monoisotopic (exact) mass is 614 g/mol. The van der Waals surface area contributed by atoms with E-state index >= 15 is 0 Å². The van der Waals surface area contributed by atoms with Crippen molar-refractivity contribution in [2.75, 3.05) is 11.9 Å². The van der Waals surface area contributed by atoms with Gasteiger partial charge in [-0.15, -0.1) is 0 Å². The number of carbonyl (C=O) groups excluding carboxylic acids is 1. The highest BCUT2D eigenvalue weighted by atomic mass is 79.9. The van der Waals surface area contributed by atoms with Crippen molar-refractivity contribution < 1.29 is 13.9 Å². The fraction of sp³-hybridized carbons (Fsp3) is 0.154. The van der Waals surface area contributed by atoms with Gasteiger partial charge in [-0.25, -0.2) is 9.37 Å². The lowest BCUT2D eigenvalue weighted by atomic mass is 10.2. The molecule has 0 bridgehead atoms. The molecule has 1 heterocycles. The molecule has 1 aromatic heterocycles. The number of nitrogens with one attached hydrogen (secondary N) is 1. The number of benzene rings is 3. The molecule has 4 rings (SSSR count). The van der Waals surface area contributed by atoms with Crippen molar-refractivity contribution >= 4 is 60.6 Å². The standard InChI is InChI=1S/C26H21Br2FN4O3/c1-15(2)25-32-22-8-6-18(28)11-21(22)26(35)33(25)30-13-16-10-17(27)7-9-23(16)36-14-24(34)31-20-5-3-4-19(29)12-20/h3-13,15H,14H2,1-2H3,(H,31,34). The fourth-order valence-electron chi connectivity index (χ4n) is 3.43. The third-order valence-electron chi connectivity index (χ3n) is 5.10. The van der Waals surface area contributed by atoms with E-state index in [0.717, 1.165) is 8.95 Å². The molecule has 3 aromatic carbocycles. The number of carbonyl (C=O) groups is 1. The summed E-state index contributed by atoms with van der Waals surface area (Å²) in [5.41, 5.74) is 1.17. The lowest BCUT2D eigenvalue weighted by Gasteiger charge is -2.13. The van der Waals surface area contributed by atoms with Crippen LogP contribution >= 0.6 is 31.9 Å². The van der Waals surface area contributed by atoms with Crippen LogP contribution in [0.4, 0.5) is 10.1 Å². The molecule has 0 spiro atoms. The van der Waals surface area contributed by atoms with E-state index in [1.54, 1.807) is 36.4 Å². The van der Waals surface area contributed by atoms with Crippen LogP contribution in [0, 0.1) is 5.82 Å². The summed E-state index contributed by atoms with van der Waals surface area (Å²) in [5, 5.41) is 7.46. The number of ether oxygens (including phenoxy) is 1. The smallest absolute Gasteiger partial charge is 0.282 e. The van der Waals surface area contributed by atoms with Gasteiger partial charge < -0.3 is 10.1 Å². The number of aromatic nitrogens is 2. The number of fused-ring (bicyclic) bond motifs is 1. The molecular weight excluding hydrogens is 595 g/mol. The van der Waals surface area contributed by atoms with Crippen molar-refractivity contribution in [3.63, 3.8) is 0 Å². The van der Waals surface area contributed by atoms with Crippen LogP contribution in [-0.2, 0) is 4.79 Å². The highest BCUT2D eigenvalue weighted by molar-refractivity contribution is 9.10. The minimum absolute atomic E-state index is 0.0624. The molecule has 0 atom stereocenters. The SMILES string of the molecule is CC(C)c1nc2ccc(Br)cc2c(=O)n1N=Cc1cc(Br)ccc1OCC(=O)Nc1cccc(F)c1. The number of halogens is 3. The number of amides is 1. The first-order valence-corrected chi connectivity index (χ1v) is 12.5. The molecule has 7 nitrogen and oxygen atoms in total. The van der Waals surface area contributed by atoms with Gasteiger partial charge in [0, 0.05) is 26.1 Å². The predicted molar refractivity (Wildman–Crippen MR) is 145 cm³/mol. The van der Waals surface area contributed by atoms with Gasteiger partial charge in [-0.05, 0) is 54.6 Å². The largest absolute Gasteiger partial charge is 0.483 e. The second-order valence-corrected chi connectivity index (χ2v) is 10.0. The summed E-state index contributed by atoms with van der Waals surface area (Å²) < 4.78 is 21.9. The number of nitrogens with zero attached hydrogens (tertiary/aromatic N) is 3. The van der Waals surface area contributed by atoms with E-state index in [0.29, 0.717) is 33.7 Å². The molecule has 0 saturated heterocycles. The van der Waals surface area contributed by atoms with E-state index in [-0.39, 0.29) is 18.1 Å². The van der Waals surface area contributed by atoms with Gasteiger partial charge in [-0.3, -0.25) is 9.59 Å². The van der Waals surface area contributed by atoms with Gasteiger partial charge in [0.25, 0.3) is 11.5 Å². The first kappa shape index (κ1) is 25.7. The molecule has 36 heavy (non-hydrogen) atoms. The van der Waals surface area contributed by atoms with Gasteiger partial charge in [0.2, 0.25) is 0 Å². The number of hydrogen-bond donors (Lipinski definition) is 1. The first-order chi connectivity index (χ1) is 17.2. The Morgan fingerprint density at radius 2 is 1.89 bits per heavy atom. The van der Waals surface area contributed by atoms with Gasteiger partial charge >= 0.3 is 0 Å². The highest BCUT2D eigenvalue weighted by Crippen LogP contribution is 2.23. The van der Waals surface area contributed by atoms with E-state index in [2.05, 4.69) is 47.3 Å². The van der Waals surface area contributed by atoms with E-state index in [1.165, 1.54) is 29.1 Å². The van der Waals surface area contributed by atoms with Crippen LogP contribution in [0.25, 0.3) is 10.9 Å². The van der Waals surface area contributed by atoms with Crippen molar-refractivity contribution in [3.05, 3.63) is 97.2 Å². The molecule has 1 amide bonds. The average Bonchev–Trinajstić information content (AvgIpc) is 2.83. The maximum absolute atomic E-state index is 13.4. The van der Waals surface area contributed by atoms with Crippen molar-refractivity contribution in [3.8, 4) is 5.75 Å². The summed E-state index contributed by atoms with van der Waals surface area (Å²) >= 11 is 6.83. The van der Waals surface area contributed by atoms with Crippen LogP contribution in [0.3, 0.4) is 0 Å². The van der Waals surface area contributed by atoms with Crippen LogP contribution in [0.1, 0.15) is 31.2 Å². The Bertz CT molecular complexity index is 1540. The second kappa shape index (κ2) is 11.1. The third kappa shape index (κ3) is 6.06. The molecule has 1 N–H and O–H groups in total. The van der Waals surface area contributed by atoms with E-state index in [4.69, 9.17) is 4.74 Å². The fourth-order valence-corrected chi connectivity index (χ4v) is 4.17. The van der Waals surface area contributed by atoms with Crippen molar-refractivity contribution in [1.29, 1.82) is 0 Å². The van der Waals surface area contributed by atoms with Crippen molar-refractivity contribution in [2.24, 2.45) is 5.10 Å². The predicted octanol–water partition coefficient (Wildman–Crippen LogP) is 6.08. The Morgan fingerprint density at radius 3 is 2.64 bits per heavy atom. The topological polar surface area (TPSA) is 85.6 Å². The molecule has 0 aliphatic heterocycles. The van der Waals surface area contributed by atoms with Crippen LogP contribution in [-0.4, -0.2) is 28.4 Å².